The Morgan fingerprint density at radius 1 is 1.18 bits per heavy atom. The van der Waals surface area contributed by atoms with Gasteiger partial charge in [-0.05, 0) is 35.2 Å². The smallest absolute Gasteiger partial charge is 0.270 e. The molecule has 0 saturated heterocycles. The highest BCUT2D eigenvalue weighted by molar-refractivity contribution is 7.09. The van der Waals surface area contributed by atoms with E-state index in [2.05, 4.69) is 5.32 Å². The van der Waals surface area contributed by atoms with Crippen LogP contribution >= 0.6 is 11.3 Å². The van der Waals surface area contributed by atoms with Crippen molar-refractivity contribution in [3.63, 3.8) is 0 Å². The van der Waals surface area contributed by atoms with Gasteiger partial charge in [0.2, 0.25) is 0 Å². The van der Waals surface area contributed by atoms with E-state index in [1.54, 1.807) is 42.7 Å². The second-order valence-electron chi connectivity index (χ2n) is 5.81. The van der Waals surface area contributed by atoms with Crippen molar-refractivity contribution in [1.29, 1.82) is 0 Å². The molecular weight excluding hydrogens is 380 g/mol. The first-order valence-electron chi connectivity index (χ1n) is 8.41. The summed E-state index contributed by atoms with van der Waals surface area (Å²) in [6.07, 6.45) is 0. The molecule has 0 radical (unpaired) electrons. The van der Waals surface area contributed by atoms with Gasteiger partial charge in [-0.15, -0.1) is 11.3 Å². The first-order valence-corrected chi connectivity index (χ1v) is 9.29. The molecule has 0 saturated carbocycles. The van der Waals surface area contributed by atoms with Crippen LogP contribution in [0.2, 0.25) is 0 Å². The summed E-state index contributed by atoms with van der Waals surface area (Å²) in [6.45, 7) is 0.248. The van der Waals surface area contributed by atoms with Crippen molar-refractivity contribution < 1.29 is 19.2 Å². The zero-order chi connectivity index (χ0) is 19.9. The molecule has 0 aliphatic rings. The molecule has 3 aromatic rings. The van der Waals surface area contributed by atoms with Crippen LogP contribution in [-0.2, 0) is 11.3 Å². The summed E-state index contributed by atoms with van der Waals surface area (Å²) in [6, 6.07) is 15.2. The van der Waals surface area contributed by atoms with E-state index in [1.807, 2.05) is 17.5 Å². The number of nitrogens with one attached hydrogen (secondary N) is 1. The number of hydrogen-bond donors (Lipinski definition) is 1. The highest BCUT2D eigenvalue weighted by Crippen LogP contribution is 2.34. The first-order chi connectivity index (χ1) is 13.6. The van der Waals surface area contributed by atoms with Crippen LogP contribution in [-0.4, -0.2) is 24.5 Å². The summed E-state index contributed by atoms with van der Waals surface area (Å²) in [4.78, 5) is 23.8. The third kappa shape index (κ3) is 4.86. The average molecular weight is 398 g/mol. The largest absolute Gasteiger partial charge is 0.497 e. The normalized spacial score (nSPS) is 10.3. The number of methoxy groups -OCH3 is 1. The van der Waals surface area contributed by atoms with E-state index in [-0.39, 0.29) is 18.2 Å². The van der Waals surface area contributed by atoms with Crippen LogP contribution in [0.3, 0.4) is 0 Å². The molecule has 3 rings (SSSR count). The van der Waals surface area contributed by atoms with Gasteiger partial charge in [-0.25, -0.2) is 0 Å². The van der Waals surface area contributed by atoms with Gasteiger partial charge in [0.25, 0.3) is 11.6 Å². The Kier molecular flexibility index (Phi) is 6.23. The number of amides is 1. The van der Waals surface area contributed by atoms with Gasteiger partial charge in [-0.2, -0.15) is 0 Å². The zero-order valence-electron chi connectivity index (χ0n) is 15.1. The second-order valence-corrected chi connectivity index (χ2v) is 6.84. The highest BCUT2D eigenvalue weighted by Gasteiger charge is 2.15. The molecule has 1 N–H and O–H groups in total. The molecule has 0 unspecified atom stereocenters. The number of nitro benzene ring substituents is 1. The Hall–Kier alpha value is -3.39. The van der Waals surface area contributed by atoms with E-state index in [4.69, 9.17) is 9.47 Å². The number of carbonyl (C=O) groups excluding carboxylic acids is 1. The summed E-state index contributed by atoms with van der Waals surface area (Å²) in [7, 11) is 1.56. The SMILES string of the molecule is COc1ccc(-c2cc([N+](=O)[O-])ccc2OCC(=O)NCc2cccs2)cc1. The number of nitro groups is 1. The van der Waals surface area contributed by atoms with Crippen LogP contribution in [0.5, 0.6) is 11.5 Å². The number of hydrogen-bond acceptors (Lipinski definition) is 6. The van der Waals surface area contributed by atoms with E-state index in [9.17, 15) is 14.9 Å². The lowest BCUT2D eigenvalue weighted by Crippen LogP contribution is -2.28. The van der Waals surface area contributed by atoms with Crippen molar-refractivity contribution in [3.8, 4) is 22.6 Å². The number of nitrogens with zero attached hydrogens (tertiary/aromatic N) is 1. The molecule has 0 bridgehead atoms. The topological polar surface area (TPSA) is 90.7 Å². The maximum Gasteiger partial charge on any atom is 0.270 e. The van der Waals surface area contributed by atoms with Crippen LogP contribution in [0.4, 0.5) is 5.69 Å². The Balaban J connectivity index is 1.75. The van der Waals surface area contributed by atoms with E-state index < -0.39 is 4.92 Å². The van der Waals surface area contributed by atoms with E-state index in [1.165, 1.54) is 18.2 Å². The summed E-state index contributed by atoms with van der Waals surface area (Å²) in [5.41, 5.74) is 1.20. The lowest BCUT2D eigenvalue weighted by Gasteiger charge is -2.12. The quantitative estimate of drug-likeness (QED) is 0.457. The molecule has 2 aromatic carbocycles. The highest BCUT2D eigenvalue weighted by atomic mass is 32.1. The Morgan fingerprint density at radius 3 is 2.61 bits per heavy atom. The average Bonchev–Trinajstić information content (AvgIpc) is 3.24. The zero-order valence-corrected chi connectivity index (χ0v) is 15.9. The molecule has 144 valence electrons. The van der Waals surface area contributed by atoms with Crippen LogP contribution < -0.4 is 14.8 Å². The van der Waals surface area contributed by atoms with Crippen molar-refractivity contribution in [2.45, 2.75) is 6.54 Å². The fourth-order valence-corrected chi connectivity index (χ4v) is 3.19. The Morgan fingerprint density at radius 2 is 1.96 bits per heavy atom. The number of thiophene rings is 1. The van der Waals surface area contributed by atoms with Crippen molar-refractivity contribution in [3.05, 3.63) is 75.0 Å². The maximum atomic E-state index is 12.1. The van der Waals surface area contributed by atoms with Gasteiger partial charge in [0.05, 0.1) is 18.6 Å². The van der Waals surface area contributed by atoms with Gasteiger partial charge >= 0.3 is 0 Å². The number of non-ortho nitro benzene ring substituents is 1. The van der Waals surface area contributed by atoms with Gasteiger partial charge in [-0.1, -0.05) is 18.2 Å². The number of carbonyl (C=O) groups is 1. The summed E-state index contributed by atoms with van der Waals surface area (Å²) < 4.78 is 10.8. The van der Waals surface area contributed by atoms with Crippen molar-refractivity contribution >= 4 is 22.9 Å². The number of benzene rings is 2. The van der Waals surface area contributed by atoms with Crippen molar-refractivity contribution in [1.82, 2.24) is 5.32 Å². The fraction of sp³-hybridized carbons (Fsp3) is 0.150. The van der Waals surface area contributed by atoms with Gasteiger partial charge in [0.1, 0.15) is 11.5 Å². The lowest BCUT2D eigenvalue weighted by molar-refractivity contribution is -0.384. The Bertz CT molecular complexity index is 955. The summed E-state index contributed by atoms with van der Waals surface area (Å²) >= 11 is 1.56. The van der Waals surface area contributed by atoms with Crippen LogP contribution in [0.25, 0.3) is 11.1 Å². The number of rotatable bonds is 8. The van der Waals surface area contributed by atoms with Gasteiger partial charge in [0, 0.05) is 22.6 Å². The lowest BCUT2D eigenvalue weighted by atomic mass is 10.0. The molecular formula is C20H18N2O5S. The molecule has 8 heteroatoms. The van der Waals surface area contributed by atoms with Crippen LogP contribution in [0, 0.1) is 10.1 Å². The minimum Gasteiger partial charge on any atom is -0.497 e. The van der Waals surface area contributed by atoms with E-state index >= 15 is 0 Å². The molecule has 0 spiro atoms. The third-order valence-electron chi connectivity index (χ3n) is 3.97. The molecule has 0 fully saturated rings. The van der Waals surface area contributed by atoms with Gasteiger partial charge in [-0.3, -0.25) is 14.9 Å². The van der Waals surface area contributed by atoms with Crippen LogP contribution in [0.1, 0.15) is 4.88 Å². The molecule has 7 nitrogen and oxygen atoms in total. The molecule has 1 heterocycles. The standard InChI is InChI=1S/C20H18N2O5S/c1-26-16-7-4-14(5-8-16)18-11-15(22(24)25)6-9-19(18)27-13-20(23)21-12-17-3-2-10-28-17/h2-11H,12-13H2,1H3,(H,21,23). The minimum absolute atomic E-state index is 0.0553. The predicted molar refractivity (Wildman–Crippen MR) is 107 cm³/mol. The molecule has 0 aliphatic carbocycles. The number of ether oxygens (including phenoxy) is 2. The summed E-state index contributed by atoms with van der Waals surface area (Å²) in [5, 5.41) is 15.9. The Labute approximate surface area is 165 Å². The first kappa shape index (κ1) is 19.4. The molecule has 0 atom stereocenters. The van der Waals surface area contributed by atoms with Crippen molar-refractivity contribution in [2.75, 3.05) is 13.7 Å². The maximum absolute atomic E-state index is 12.1. The fourth-order valence-electron chi connectivity index (χ4n) is 2.55. The van der Waals surface area contributed by atoms with E-state index in [0.717, 1.165) is 10.4 Å². The van der Waals surface area contributed by atoms with Crippen molar-refractivity contribution in [2.24, 2.45) is 0 Å². The predicted octanol–water partition coefficient (Wildman–Crippen LogP) is 4.03. The molecule has 1 amide bonds. The monoisotopic (exact) mass is 398 g/mol. The van der Waals surface area contributed by atoms with Crippen LogP contribution in [0.15, 0.2) is 60.0 Å². The summed E-state index contributed by atoms with van der Waals surface area (Å²) in [5.74, 6) is 0.791. The van der Waals surface area contributed by atoms with E-state index in [0.29, 0.717) is 23.6 Å². The molecule has 1 aromatic heterocycles. The third-order valence-corrected chi connectivity index (χ3v) is 4.85. The van der Waals surface area contributed by atoms with Gasteiger partial charge < -0.3 is 14.8 Å². The minimum atomic E-state index is -0.468. The molecule has 0 aliphatic heterocycles. The molecule has 28 heavy (non-hydrogen) atoms. The van der Waals surface area contributed by atoms with Gasteiger partial charge in [0.15, 0.2) is 6.61 Å². The second kappa shape index (κ2) is 9.01.